The van der Waals surface area contributed by atoms with Gasteiger partial charge >= 0.3 is 0 Å². The van der Waals surface area contributed by atoms with Crippen molar-refractivity contribution in [1.82, 2.24) is 18.9 Å². The lowest BCUT2D eigenvalue weighted by molar-refractivity contribution is 0.0193. The van der Waals surface area contributed by atoms with Gasteiger partial charge in [-0.1, -0.05) is 23.7 Å². The highest BCUT2D eigenvalue weighted by atomic mass is 35.5. The van der Waals surface area contributed by atoms with Gasteiger partial charge in [-0.15, -0.1) is 0 Å². The molecule has 1 atom stereocenters. The quantitative estimate of drug-likeness (QED) is 0.175. The number of morpholine rings is 1. The van der Waals surface area contributed by atoms with E-state index in [1.165, 1.54) is 0 Å². The topological polar surface area (TPSA) is 102 Å². The van der Waals surface area contributed by atoms with Crippen molar-refractivity contribution in [2.45, 2.75) is 44.8 Å². The number of amides is 2. The molecule has 1 N–H and O–H groups in total. The lowest BCUT2D eigenvalue weighted by Gasteiger charge is -2.41. The van der Waals surface area contributed by atoms with Gasteiger partial charge in [0, 0.05) is 96.3 Å². The zero-order chi connectivity index (χ0) is 39.5. The fraction of sp³-hybridized carbons (Fsp3) is 0.304. The number of hydrogen-bond donors (Lipinski definition) is 1. The number of rotatable bonds is 7. The Morgan fingerprint density at radius 1 is 0.879 bits per heavy atom. The Balaban J connectivity index is 1.09. The number of fused-ring (bicyclic) bond motifs is 4. The number of aromatic nitrogens is 2. The normalized spacial score (nSPS) is 17.6. The summed E-state index contributed by atoms with van der Waals surface area (Å²) < 4.78 is 21.8. The first-order valence-corrected chi connectivity index (χ1v) is 20.4. The average molecular weight is 798 g/mol. The van der Waals surface area contributed by atoms with Gasteiger partial charge in [0.25, 0.3) is 11.8 Å². The number of anilines is 2. The fourth-order valence-corrected chi connectivity index (χ4v) is 9.48. The van der Waals surface area contributed by atoms with E-state index in [0.29, 0.717) is 85.3 Å². The summed E-state index contributed by atoms with van der Waals surface area (Å²) >= 11 is 6.78. The Morgan fingerprint density at radius 2 is 1.67 bits per heavy atom. The van der Waals surface area contributed by atoms with Gasteiger partial charge in [-0.2, -0.15) is 0 Å². The zero-order valence-electron chi connectivity index (χ0n) is 32.3. The van der Waals surface area contributed by atoms with Crippen LogP contribution in [-0.4, -0.2) is 81.5 Å². The second-order valence-electron chi connectivity index (χ2n) is 15.7. The molecule has 1 fully saturated rings. The zero-order valence-corrected chi connectivity index (χ0v) is 33.1. The molecule has 1 saturated heterocycles. The number of halogens is 1. The first-order chi connectivity index (χ1) is 28.3. The number of hydrogen-bond acceptors (Lipinski definition) is 7. The molecule has 11 nitrogen and oxygen atoms in total. The second-order valence-corrected chi connectivity index (χ2v) is 16.1. The van der Waals surface area contributed by atoms with Gasteiger partial charge in [-0.3, -0.25) is 19.4 Å². The Labute approximate surface area is 341 Å². The molecule has 296 valence electrons. The molecule has 6 heterocycles. The number of benzene rings is 4. The molecule has 0 saturated carbocycles. The van der Waals surface area contributed by atoms with Crippen molar-refractivity contribution in [3.05, 3.63) is 124 Å². The van der Waals surface area contributed by atoms with Crippen molar-refractivity contribution >= 4 is 45.7 Å². The summed E-state index contributed by atoms with van der Waals surface area (Å²) in [5.74, 6) is 0.896. The average Bonchev–Trinajstić information content (AvgIpc) is 3.98. The van der Waals surface area contributed by atoms with Crippen LogP contribution in [-0.2, 0) is 37.7 Å². The van der Waals surface area contributed by atoms with Crippen molar-refractivity contribution in [3.63, 3.8) is 0 Å². The summed E-state index contributed by atoms with van der Waals surface area (Å²) in [6.07, 6.45) is 5.23. The number of aryl methyl sites for hydroxylation is 1. The van der Waals surface area contributed by atoms with Gasteiger partial charge in [0.2, 0.25) is 6.79 Å². The maximum absolute atomic E-state index is 15.3. The molecule has 6 aromatic rings. The lowest BCUT2D eigenvalue weighted by Crippen LogP contribution is -2.52. The maximum atomic E-state index is 15.3. The van der Waals surface area contributed by atoms with Crippen LogP contribution in [0.3, 0.4) is 0 Å². The third kappa shape index (κ3) is 6.47. The number of carbonyl (C=O) groups is 2. The minimum atomic E-state index is -0.193. The minimum absolute atomic E-state index is 0.0605. The van der Waals surface area contributed by atoms with Gasteiger partial charge < -0.3 is 33.4 Å². The molecular weight excluding hydrogens is 754 g/mol. The van der Waals surface area contributed by atoms with E-state index in [0.717, 1.165) is 64.4 Å². The molecule has 12 heteroatoms. The SMILES string of the molecule is Cn1ccc2cc(N(C(=O)c3cc(-c4cc5c(cc4C(=O)N4Cc6cccc(Cl)c6C[C@H]4CN4CCOCC4)OCO5)n4c3CCCC4)c3ccc(O)cc3)ccc21. The summed E-state index contributed by atoms with van der Waals surface area (Å²) in [5, 5.41) is 11.9. The molecule has 0 unspecified atom stereocenters. The van der Waals surface area contributed by atoms with Crippen molar-refractivity contribution in [1.29, 1.82) is 0 Å². The summed E-state index contributed by atoms with van der Waals surface area (Å²) in [6.45, 7) is 4.80. The number of phenols is 1. The van der Waals surface area contributed by atoms with E-state index in [2.05, 4.69) is 20.1 Å². The van der Waals surface area contributed by atoms with Crippen LogP contribution < -0.4 is 14.4 Å². The Hall–Kier alpha value is -5.75. The van der Waals surface area contributed by atoms with E-state index in [1.54, 1.807) is 29.2 Å². The summed E-state index contributed by atoms with van der Waals surface area (Å²) in [6, 6.07) is 26.3. The lowest BCUT2D eigenvalue weighted by atomic mass is 9.91. The van der Waals surface area contributed by atoms with Gasteiger partial charge in [-0.05, 0) is 110 Å². The molecule has 4 aromatic carbocycles. The highest BCUT2D eigenvalue weighted by molar-refractivity contribution is 6.31. The van der Waals surface area contributed by atoms with Crippen LogP contribution in [0.2, 0.25) is 5.02 Å². The number of aromatic hydroxyl groups is 1. The van der Waals surface area contributed by atoms with Crippen molar-refractivity contribution in [2.75, 3.05) is 44.5 Å². The van der Waals surface area contributed by atoms with Gasteiger partial charge in [-0.25, -0.2) is 0 Å². The minimum Gasteiger partial charge on any atom is -0.508 e. The van der Waals surface area contributed by atoms with E-state index in [4.69, 9.17) is 25.8 Å². The summed E-state index contributed by atoms with van der Waals surface area (Å²) in [4.78, 5) is 36.6. The molecule has 2 aromatic heterocycles. The van der Waals surface area contributed by atoms with Gasteiger partial charge in [0.05, 0.1) is 24.3 Å². The fourth-order valence-electron chi connectivity index (χ4n) is 9.20. The van der Waals surface area contributed by atoms with Gasteiger partial charge in [0.1, 0.15) is 5.75 Å². The smallest absolute Gasteiger partial charge is 0.264 e. The molecule has 4 aliphatic rings. The molecule has 0 radical (unpaired) electrons. The Morgan fingerprint density at radius 3 is 2.50 bits per heavy atom. The van der Waals surface area contributed by atoms with Crippen LogP contribution in [0.1, 0.15) is 50.4 Å². The molecule has 4 aliphatic heterocycles. The third-order valence-corrected chi connectivity index (χ3v) is 12.6. The standard InChI is InChI=1S/C46H44ClN5O6/c1-48-16-14-29-21-32(10-13-40(29)48)52(31-8-11-34(53)12-9-31)46(55)38-23-42(50-15-3-2-7-41(38)50)36-24-43-44(58-28-57-43)25-37(36)45(54)51-26-30-5-4-6-39(47)35(30)22-33(51)27-49-17-19-56-20-18-49/h4-6,8-14,16,21,23-25,33,53H,2-3,7,15,17-20,22,26-28H2,1H3/t33-/m0/s1. The van der Waals surface area contributed by atoms with Crippen LogP contribution in [0, 0.1) is 0 Å². The first-order valence-electron chi connectivity index (χ1n) is 20.0. The highest BCUT2D eigenvalue weighted by Gasteiger charge is 2.37. The first kappa shape index (κ1) is 36.6. The Kier molecular flexibility index (Phi) is 9.39. The number of phenolic OH excluding ortho intramolecular Hbond substituents is 1. The van der Waals surface area contributed by atoms with Crippen LogP contribution in [0.5, 0.6) is 17.2 Å². The maximum Gasteiger partial charge on any atom is 0.264 e. The van der Waals surface area contributed by atoms with Crippen LogP contribution in [0.4, 0.5) is 11.4 Å². The van der Waals surface area contributed by atoms with Crippen molar-refractivity contribution < 1.29 is 28.9 Å². The van der Waals surface area contributed by atoms with Crippen LogP contribution >= 0.6 is 11.6 Å². The second kappa shape index (κ2) is 14.9. The third-order valence-electron chi connectivity index (χ3n) is 12.2. The van der Waals surface area contributed by atoms with Crippen LogP contribution in [0.25, 0.3) is 22.2 Å². The van der Waals surface area contributed by atoms with E-state index in [9.17, 15) is 5.11 Å². The molecular formula is C46H44ClN5O6. The largest absolute Gasteiger partial charge is 0.508 e. The van der Waals surface area contributed by atoms with E-state index >= 15 is 9.59 Å². The van der Waals surface area contributed by atoms with Crippen LogP contribution in [0.15, 0.2) is 91.1 Å². The van der Waals surface area contributed by atoms with E-state index in [-0.39, 0.29) is 30.4 Å². The van der Waals surface area contributed by atoms with Crippen molar-refractivity contribution in [2.24, 2.45) is 7.05 Å². The number of ether oxygens (including phenoxy) is 3. The molecule has 58 heavy (non-hydrogen) atoms. The van der Waals surface area contributed by atoms with E-state index in [1.807, 2.05) is 72.7 Å². The molecule has 0 spiro atoms. The monoisotopic (exact) mass is 797 g/mol. The van der Waals surface area contributed by atoms with E-state index < -0.39 is 0 Å². The molecule has 10 rings (SSSR count). The predicted molar refractivity (Wildman–Crippen MR) is 223 cm³/mol. The van der Waals surface area contributed by atoms with Crippen molar-refractivity contribution in [3.8, 4) is 28.5 Å². The molecule has 0 aliphatic carbocycles. The highest BCUT2D eigenvalue weighted by Crippen LogP contribution is 2.43. The summed E-state index contributed by atoms with van der Waals surface area (Å²) in [7, 11) is 2.00. The number of carbonyl (C=O) groups excluding carboxylic acids is 2. The molecule has 2 amide bonds. The number of nitrogens with zero attached hydrogens (tertiary/aromatic N) is 5. The van der Waals surface area contributed by atoms with Gasteiger partial charge in [0.15, 0.2) is 11.5 Å². The summed E-state index contributed by atoms with van der Waals surface area (Å²) in [5.41, 5.74) is 8.00. The Bertz CT molecular complexity index is 2570. The molecule has 0 bridgehead atoms. The predicted octanol–water partition coefficient (Wildman–Crippen LogP) is 7.95.